The minimum Gasteiger partial charge on any atom is -0.379 e. The summed E-state index contributed by atoms with van der Waals surface area (Å²) in [5.41, 5.74) is 0. The monoisotopic (exact) mass is 134 g/mol. The van der Waals surface area contributed by atoms with Crippen molar-refractivity contribution < 1.29 is 9.53 Å². The molecule has 1 rings (SSSR count). The Balaban J connectivity index is 2.39. The third-order valence-corrected chi connectivity index (χ3v) is 1.48. The van der Waals surface area contributed by atoms with Gasteiger partial charge in [0.2, 0.25) is 0 Å². The first-order valence-electron chi connectivity index (χ1n) is 2.55. The summed E-state index contributed by atoms with van der Waals surface area (Å²) < 4.78 is 4.90. The molecule has 0 amide bonds. The van der Waals surface area contributed by atoms with Gasteiger partial charge in [-0.05, 0) is 0 Å². The quantitative estimate of drug-likeness (QED) is 0.453. The average Bonchev–Trinajstić information content (AvgIpc) is 1.77. The van der Waals surface area contributed by atoms with E-state index in [1.165, 1.54) is 0 Å². The zero-order valence-corrected chi connectivity index (χ0v) is 5.15. The lowest BCUT2D eigenvalue weighted by atomic mass is 10.2. The number of alkyl halides is 1. The minimum absolute atomic E-state index is 0.109. The number of carbonyl (C=O) groups excluding carboxylic acids is 1. The molecule has 0 spiro atoms. The molecule has 1 atom stereocenters. The van der Waals surface area contributed by atoms with Crippen molar-refractivity contribution in [2.75, 3.05) is 13.2 Å². The summed E-state index contributed by atoms with van der Waals surface area (Å²) in [5.74, 6) is 0.109. The zero-order valence-electron chi connectivity index (χ0n) is 4.39. The number of Topliss-reactive ketones (excluding diaryl/α,β-unsaturated/α-hetero) is 1. The summed E-state index contributed by atoms with van der Waals surface area (Å²) in [5, 5.41) is -0.385. The fourth-order valence-electron chi connectivity index (χ4n) is 0.609. The summed E-state index contributed by atoms with van der Waals surface area (Å²) in [4.78, 5) is 10.6. The highest BCUT2D eigenvalue weighted by molar-refractivity contribution is 6.31. The Morgan fingerprint density at radius 1 is 1.75 bits per heavy atom. The molecule has 1 aliphatic heterocycles. The van der Waals surface area contributed by atoms with E-state index in [1.54, 1.807) is 0 Å². The van der Waals surface area contributed by atoms with Gasteiger partial charge in [-0.25, -0.2) is 0 Å². The van der Waals surface area contributed by atoms with Gasteiger partial charge in [0.25, 0.3) is 0 Å². The first kappa shape index (κ1) is 6.05. The maximum Gasteiger partial charge on any atom is 0.155 e. The van der Waals surface area contributed by atoms with Gasteiger partial charge in [0.15, 0.2) is 5.78 Å². The second-order valence-corrected chi connectivity index (χ2v) is 2.29. The number of rotatable bonds is 0. The first-order valence-corrected chi connectivity index (χ1v) is 2.99. The molecule has 1 aliphatic rings. The van der Waals surface area contributed by atoms with Gasteiger partial charge in [0.05, 0.1) is 13.2 Å². The molecule has 0 aliphatic carbocycles. The molecular formula is C5H7ClO2. The van der Waals surface area contributed by atoms with E-state index in [4.69, 9.17) is 16.3 Å². The Morgan fingerprint density at radius 3 is 2.88 bits per heavy atom. The number of hydrogen-bond acceptors (Lipinski definition) is 2. The van der Waals surface area contributed by atoms with Gasteiger partial charge in [-0.3, -0.25) is 4.79 Å². The zero-order chi connectivity index (χ0) is 5.98. The summed E-state index contributed by atoms with van der Waals surface area (Å²) in [7, 11) is 0. The summed E-state index contributed by atoms with van der Waals surface area (Å²) in [6.45, 7) is 0.933. The van der Waals surface area contributed by atoms with E-state index >= 15 is 0 Å². The van der Waals surface area contributed by atoms with Crippen LogP contribution in [0.4, 0.5) is 0 Å². The maximum absolute atomic E-state index is 10.6. The number of halogens is 1. The van der Waals surface area contributed by atoms with Crippen molar-refractivity contribution in [2.45, 2.75) is 11.8 Å². The van der Waals surface area contributed by atoms with Crippen LogP contribution < -0.4 is 0 Å². The largest absolute Gasteiger partial charge is 0.379 e. The van der Waals surface area contributed by atoms with E-state index < -0.39 is 0 Å². The Morgan fingerprint density at radius 2 is 2.50 bits per heavy atom. The van der Waals surface area contributed by atoms with E-state index in [0.717, 1.165) is 0 Å². The lowest BCUT2D eigenvalue weighted by molar-refractivity contribution is -0.123. The molecule has 0 N–H and O–H groups in total. The van der Waals surface area contributed by atoms with Crippen molar-refractivity contribution in [3.05, 3.63) is 0 Å². The van der Waals surface area contributed by atoms with Crippen molar-refractivity contribution in [2.24, 2.45) is 0 Å². The van der Waals surface area contributed by atoms with Crippen LogP contribution in [-0.4, -0.2) is 24.4 Å². The van der Waals surface area contributed by atoms with Gasteiger partial charge in [0, 0.05) is 6.42 Å². The van der Waals surface area contributed by atoms with Crippen molar-refractivity contribution in [3.8, 4) is 0 Å². The van der Waals surface area contributed by atoms with E-state index in [1.807, 2.05) is 0 Å². The lowest BCUT2D eigenvalue weighted by Gasteiger charge is -2.13. The van der Waals surface area contributed by atoms with E-state index in [0.29, 0.717) is 19.6 Å². The molecule has 0 bridgehead atoms. The number of carbonyl (C=O) groups is 1. The van der Waals surface area contributed by atoms with Crippen molar-refractivity contribution in [1.82, 2.24) is 0 Å². The predicted molar refractivity (Wildman–Crippen MR) is 30.1 cm³/mol. The Hall–Kier alpha value is -0.0800. The average molecular weight is 135 g/mol. The van der Waals surface area contributed by atoms with Gasteiger partial charge < -0.3 is 4.74 Å². The van der Waals surface area contributed by atoms with Crippen molar-refractivity contribution >= 4 is 17.4 Å². The Labute approximate surface area is 52.8 Å². The molecule has 0 aromatic heterocycles. The molecule has 0 radical (unpaired) electrons. The lowest BCUT2D eigenvalue weighted by Crippen LogP contribution is -2.27. The second-order valence-electron chi connectivity index (χ2n) is 1.76. The summed E-state index contributed by atoms with van der Waals surface area (Å²) in [6, 6.07) is 0. The predicted octanol–water partition coefficient (Wildman–Crippen LogP) is 0.583. The standard InChI is InChI=1S/C5H7ClO2/c6-4-3-8-2-1-5(4)7/h4H,1-3H2. The van der Waals surface area contributed by atoms with Gasteiger partial charge in [-0.2, -0.15) is 0 Å². The summed E-state index contributed by atoms with van der Waals surface area (Å²) >= 11 is 5.49. The highest BCUT2D eigenvalue weighted by Gasteiger charge is 2.19. The third kappa shape index (κ3) is 1.20. The fourth-order valence-corrected chi connectivity index (χ4v) is 0.807. The minimum atomic E-state index is -0.385. The maximum atomic E-state index is 10.6. The molecule has 3 heteroatoms. The normalized spacial score (nSPS) is 30.6. The fraction of sp³-hybridized carbons (Fsp3) is 0.800. The van der Waals surface area contributed by atoms with Gasteiger partial charge in [-0.1, -0.05) is 0 Å². The molecule has 1 fully saturated rings. The van der Waals surface area contributed by atoms with Crippen LogP contribution in [-0.2, 0) is 9.53 Å². The highest BCUT2D eigenvalue weighted by atomic mass is 35.5. The molecule has 1 unspecified atom stereocenters. The molecule has 46 valence electrons. The van der Waals surface area contributed by atoms with Crippen LogP contribution in [0, 0.1) is 0 Å². The van der Waals surface area contributed by atoms with E-state index in [9.17, 15) is 4.79 Å². The molecule has 1 saturated heterocycles. The van der Waals surface area contributed by atoms with Gasteiger partial charge >= 0.3 is 0 Å². The SMILES string of the molecule is O=C1CCOCC1Cl. The van der Waals surface area contributed by atoms with E-state index in [2.05, 4.69) is 0 Å². The molecule has 0 saturated carbocycles. The molecule has 1 heterocycles. The Kier molecular flexibility index (Phi) is 1.86. The van der Waals surface area contributed by atoms with Crippen LogP contribution in [0.2, 0.25) is 0 Å². The Bertz CT molecular complexity index is 103. The van der Waals surface area contributed by atoms with Crippen LogP contribution in [0.1, 0.15) is 6.42 Å². The molecule has 0 aromatic rings. The van der Waals surface area contributed by atoms with Crippen LogP contribution >= 0.6 is 11.6 Å². The molecule has 8 heavy (non-hydrogen) atoms. The molecular weight excluding hydrogens is 128 g/mol. The van der Waals surface area contributed by atoms with Crippen LogP contribution in [0.5, 0.6) is 0 Å². The number of ketones is 1. The number of hydrogen-bond donors (Lipinski definition) is 0. The van der Waals surface area contributed by atoms with Crippen LogP contribution in [0.3, 0.4) is 0 Å². The van der Waals surface area contributed by atoms with Crippen LogP contribution in [0.25, 0.3) is 0 Å². The molecule has 0 aromatic carbocycles. The summed E-state index contributed by atoms with van der Waals surface area (Å²) in [6.07, 6.45) is 0.480. The van der Waals surface area contributed by atoms with Crippen molar-refractivity contribution in [3.63, 3.8) is 0 Å². The highest BCUT2D eigenvalue weighted by Crippen LogP contribution is 2.07. The smallest absolute Gasteiger partial charge is 0.155 e. The third-order valence-electron chi connectivity index (χ3n) is 1.11. The van der Waals surface area contributed by atoms with Crippen molar-refractivity contribution in [1.29, 1.82) is 0 Å². The van der Waals surface area contributed by atoms with Gasteiger partial charge in [-0.15, -0.1) is 11.6 Å². The first-order chi connectivity index (χ1) is 3.80. The van der Waals surface area contributed by atoms with E-state index in [-0.39, 0.29) is 11.2 Å². The number of ether oxygens (including phenoxy) is 1. The van der Waals surface area contributed by atoms with Gasteiger partial charge in [0.1, 0.15) is 5.38 Å². The topological polar surface area (TPSA) is 26.3 Å². The molecule has 2 nitrogen and oxygen atoms in total. The van der Waals surface area contributed by atoms with Crippen LogP contribution in [0.15, 0.2) is 0 Å². The second kappa shape index (κ2) is 2.46.